The summed E-state index contributed by atoms with van der Waals surface area (Å²) in [5, 5.41) is 4.45. The molecule has 0 aromatic heterocycles. The SMILES string of the molecule is COc1c(F)ccc(C)c1N(F)S(=O)(=O)C1CNCCN1. The van der Waals surface area contributed by atoms with Crippen LogP contribution in [0.25, 0.3) is 0 Å². The third-order valence-corrected chi connectivity index (χ3v) is 4.93. The Kier molecular flexibility index (Phi) is 4.64. The molecule has 1 aromatic carbocycles. The van der Waals surface area contributed by atoms with Gasteiger partial charge in [-0.05, 0) is 18.6 Å². The average molecular weight is 321 g/mol. The van der Waals surface area contributed by atoms with Gasteiger partial charge in [0.15, 0.2) is 11.6 Å². The molecule has 0 bridgehead atoms. The molecule has 0 radical (unpaired) electrons. The van der Waals surface area contributed by atoms with Crippen molar-refractivity contribution in [3.8, 4) is 5.75 Å². The van der Waals surface area contributed by atoms with Crippen LogP contribution < -0.4 is 19.9 Å². The molecule has 1 fully saturated rings. The van der Waals surface area contributed by atoms with Crippen LogP contribution in [0.4, 0.5) is 14.6 Å². The molecule has 9 heteroatoms. The molecule has 6 nitrogen and oxygen atoms in total. The molecule has 0 aliphatic carbocycles. The van der Waals surface area contributed by atoms with Crippen molar-refractivity contribution >= 4 is 15.7 Å². The largest absolute Gasteiger partial charge is 0.491 e. The Balaban J connectivity index is 2.44. The molecule has 0 saturated carbocycles. The number of nitrogens with zero attached hydrogens (tertiary/aromatic N) is 1. The maximum absolute atomic E-state index is 14.5. The van der Waals surface area contributed by atoms with Gasteiger partial charge in [0.05, 0.1) is 7.11 Å². The first-order chi connectivity index (χ1) is 9.89. The van der Waals surface area contributed by atoms with E-state index in [2.05, 4.69) is 10.6 Å². The molecule has 2 N–H and O–H groups in total. The van der Waals surface area contributed by atoms with Crippen molar-refractivity contribution in [1.29, 1.82) is 0 Å². The number of hydrogen-bond donors (Lipinski definition) is 2. The van der Waals surface area contributed by atoms with Crippen LogP contribution in [0.5, 0.6) is 5.75 Å². The number of nitrogens with one attached hydrogen (secondary N) is 2. The molecule has 1 aliphatic heterocycles. The van der Waals surface area contributed by atoms with Gasteiger partial charge in [-0.3, -0.25) is 5.32 Å². The summed E-state index contributed by atoms with van der Waals surface area (Å²) in [5.74, 6) is -1.27. The lowest BCUT2D eigenvalue weighted by Crippen LogP contribution is -2.55. The van der Waals surface area contributed by atoms with E-state index < -0.39 is 37.2 Å². The Labute approximate surface area is 122 Å². The predicted molar refractivity (Wildman–Crippen MR) is 74.9 cm³/mol. The lowest BCUT2D eigenvalue weighted by atomic mass is 10.2. The third kappa shape index (κ3) is 2.94. The molecular weight excluding hydrogens is 304 g/mol. The van der Waals surface area contributed by atoms with Gasteiger partial charge in [0.25, 0.3) is 10.0 Å². The van der Waals surface area contributed by atoms with Gasteiger partial charge in [0.2, 0.25) is 0 Å². The van der Waals surface area contributed by atoms with E-state index in [9.17, 15) is 17.3 Å². The molecule has 118 valence electrons. The molecule has 1 aromatic rings. The molecule has 1 heterocycles. The van der Waals surface area contributed by atoms with Gasteiger partial charge in [0.1, 0.15) is 11.1 Å². The Morgan fingerprint density at radius 3 is 2.67 bits per heavy atom. The van der Waals surface area contributed by atoms with Crippen molar-refractivity contribution < 1.29 is 22.0 Å². The normalized spacial score (nSPS) is 19.3. The molecule has 2 rings (SSSR count). The zero-order valence-corrected chi connectivity index (χ0v) is 12.5. The van der Waals surface area contributed by atoms with Crippen LogP contribution in [0.3, 0.4) is 0 Å². The highest BCUT2D eigenvalue weighted by atomic mass is 32.2. The van der Waals surface area contributed by atoms with Crippen LogP contribution in [0.1, 0.15) is 5.56 Å². The van der Waals surface area contributed by atoms with Crippen LogP contribution in [0, 0.1) is 12.7 Å². The standard InChI is InChI=1S/C12H17F2N3O3S/c1-8-3-4-9(13)12(20-2)11(8)17(14)21(18,19)10-7-15-5-6-16-10/h3-4,10,15-16H,5-7H2,1-2H3. The minimum absolute atomic E-state index is 0.0689. The maximum atomic E-state index is 14.5. The van der Waals surface area contributed by atoms with Gasteiger partial charge in [0, 0.05) is 19.6 Å². The Morgan fingerprint density at radius 2 is 2.10 bits per heavy atom. The minimum Gasteiger partial charge on any atom is -0.491 e. The monoisotopic (exact) mass is 321 g/mol. The van der Waals surface area contributed by atoms with Crippen LogP contribution in [0.2, 0.25) is 0 Å². The van der Waals surface area contributed by atoms with Crippen molar-refractivity contribution in [1.82, 2.24) is 10.6 Å². The summed E-state index contributed by atoms with van der Waals surface area (Å²) in [6.45, 7) is 2.54. The first kappa shape index (κ1) is 15.9. The number of hydrogen-bond acceptors (Lipinski definition) is 5. The second-order valence-corrected chi connectivity index (χ2v) is 6.57. The fourth-order valence-electron chi connectivity index (χ4n) is 2.13. The number of aryl methyl sites for hydroxylation is 1. The second kappa shape index (κ2) is 6.12. The molecule has 1 atom stereocenters. The molecular formula is C12H17F2N3O3S. The van der Waals surface area contributed by atoms with Crippen molar-refractivity contribution in [3.05, 3.63) is 23.5 Å². The van der Waals surface area contributed by atoms with Gasteiger partial charge < -0.3 is 10.1 Å². The lowest BCUT2D eigenvalue weighted by Gasteiger charge is -2.28. The molecule has 0 spiro atoms. The molecule has 1 saturated heterocycles. The number of ether oxygens (including phenoxy) is 1. The van der Waals surface area contributed by atoms with Crippen molar-refractivity contribution in [3.63, 3.8) is 0 Å². The van der Waals surface area contributed by atoms with E-state index in [0.717, 1.165) is 13.2 Å². The van der Waals surface area contributed by atoms with Gasteiger partial charge in [-0.25, -0.2) is 12.8 Å². The van der Waals surface area contributed by atoms with Crippen molar-refractivity contribution in [2.24, 2.45) is 0 Å². The summed E-state index contributed by atoms with van der Waals surface area (Å²) in [6, 6.07) is 2.39. The van der Waals surface area contributed by atoms with Crippen LogP contribution >= 0.6 is 0 Å². The van der Waals surface area contributed by atoms with Crippen LogP contribution in [-0.2, 0) is 10.0 Å². The molecule has 0 amide bonds. The van der Waals surface area contributed by atoms with E-state index in [1.165, 1.54) is 13.0 Å². The minimum atomic E-state index is -4.34. The maximum Gasteiger partial charge on any atom is 0.278 e. The predicted octanol–water partition coefficient (Wildman–Crippen LogP) is 0.682. The molecule has 1 unspecified atom stereocenters. The van der Waals surface area contributed by atoms with Crippen molar-refractivity contribution in [2.45, 2.75) is 12.3 Å². The summed E-state index contributed by atoms with van der Waals surface area (Å²) in [6.07, 6.45) is 0. The summed E-state index contributed by atoms with van der Waals surface area (Å²) < 4.78 is 57.2. The number of methoxy groups -OCH3 is 1. The highest BCUT2D eigenvalue weighted by Crippen LogP contribution is 2.36. The van der Waals surface area contributed by atoms with E-state index in [4.69, 9.17) is 4.74 Å². The van der Waals surface area contributed by atoms with Gasteiger partial charge in [-0.1, -0.05) is 15.1 Å². The van der Waals surface area contributed by atoms with Crippen LogP contribution in [-0.4, -0.2) is 40.5 Å². The Morgan fingerprint density at radius 1 is 1.38 bits per heavy atom. The summed E-state index contributed by atoms with van der Waals surface area (Å²) in [5.41, 5.74) is -0.187. The highest BCUT2D eigenvalue weighted by Gasteiger charge is 2.36. The third-order valence-electron chi connectivity index (χ3n) is 3.25. The zero-order chi connectivity index (χ0) is 15.6. The summed E-state index contributed by atoms with van der Waals surface area (Å²) >= 11 is 0. The Hall–Kier alpha value is -1.45. The average Bonchev–Trinajstić information content (AvgIpc) is 2.49. The van der Waals surface area contributed by atoms with E-state index in [-0.39, 0.29) is 12.1 Å². The van der Waals surface area contributed by atoms with Crippen molar-refractivity contribution in [2.75, 3.05) is 31.3 Å². The molecule has 1 aliphatic rings. The topological polar surface area (TPSA) is 70.7 Å². The van der Waals surface area contributed by atoms with Gasteiger partial charge >= 0.3 is 0 Å². The van der Waals surface area contributed by atoms with Gasteiger partial charge in [-0.15, -0.1) is 0 Å². The zero-order valence-electron chi connectivity index (χ0n) is 11.7. The fraction of sp³-hybridized carbons (Fsp3) is 0.500. The first-order valence-electron chi connectivity index (χ1n) is 6.36. The number of sulfonamides is 1. The number of piperazine rings is 1. The molecule has 21 heavy (non-hydrogen) atoms. The summed E-state index contributed by atoms with van der Waals surface area (Å²) in [4.78, 5) is 0. The van der Waals surface area contributed by atoms with Gasteiger partial charge in [-0.2, -0.15) is 0 Å². The van der Waals surface area contributed by atoms with E-state index >= 15 is 0 Å². The second-order valence-electron chi connectivity index (χ2n) is 4.65. The lowest BCUT2D eigenvalue weighted by molar-refractivity contribution is 0.379. The number of rotatable bonds is 4. The number of anilines is 1. The highest BCUT2D eigenvalue weighted by molar-refractivity contribution is 7.93. The summed E-state index contributed by atoms with van der Waals surface area (Å²) in [7, 11) is -3.19. The van der Waals surface area contributed by atoms with E-state index in [0.29, 0.717) is 13.1 Å². The van der Waals surface area contributed by atoms with E-state index in [1.807, 2.05) is 0 Å². The first-order valence-corrected chi connectivity index (χ1v) is 7.87. The number of benzene rings is 1. The smallest absolute Gasteiger partial charge is 0.278 e. The fourth-order valence-corrected chi connectivity index (χ4v) is 3.50. The Bertz CT molecular complexity index is 618. The quantitative estimate of drug-likeness (QED) is 0.798. The van der Waals surface area contributed by atoms with E-state index in [1.54, 1.807) is 0 Å². The number of halogens is 2. The van der Waals surface area contributed by atoms with Crippen LogP contribution in [0.15, 0.2) is 12.1 Å².